The van der Waals surface area contributed by atoms with Gasteiger partial charge in [-0.05, 0) is 25.1 Å². The largest absolute Gasteiger partial charge is 0.479 e. The zero-order valence-corrected chi connectivity index (χ0v) is 10.6. The molecule has 0 aromatic heterocycles. The van der Waals surface area contributed by atoms with Gasteiger partial charge in [-0.15, -0.1) is 0 Å². The Labute approximate surface area is 110 Å². The smallest absolute Gasteiger partial charge is 0.332 e. The van der Waals surface area contributed by atoms with E-state index < -0.39 is 12.1 Å². The molecule has 0 saturated carbocycles. The molecular formula is C12H14ClNO4. The number of amides is 1. The molecular weight excluding hydrogens is 258 g/mol. The molecule has 1 amide bonds. The van der Waals surface area contributed by atoms with Crippen LogP contribution in [0.4, 0.5) is 5.69 Å². The van der Waals surface area contributed by atoms with Crippen LogP contribution in [0.25, 0.3) is 0 Å². The Morgan fingerprint density at radius 2 is 2.22 bits per heavy atom. The lowest BCUT2D eigenvalue weighted by molar-refractivity contribution is -0.149. The number of carboxylic acid groups (broad SMARTS) is 1. The van der Waals surface area contributed by atoms with E-state index in [4.69, 9.17) is 21.4 Å². The van der Waals surface area contributed by atoms with E-state index in [1.165, 1.54) is 6.92 Å². The molecule has 0 aliphatic rings. The first-order valence-electron chi connectivity index (χ1n) is 5.39. The van der Waals surface area contributed by atoms with Gasteiger partial charge >= 0.3 is 5.97 Å². The van der Waals surface area contributed by atoms with Crippen molar-refractivity contribution in [2.45, 2.75) is 19.4 Å². The molecule has 0 heterocycles. The summed E-state index contributed by atoms with van der Waals surface area (Å²) in [6.45, 7) is 1.47. The summed E-state index contributed by atoms with van der Waals surface area (Å²) < 4.78 is 4.95. The summed E-state index contributed by atoms with van der Waals surface area (Å²) in [4.78, 5) is 22.0. The van der Waals surface area contributed by atoms with Gasteiger partial charge in [0.25, 0.3) is 0 Å². The molecule has 0 saturated heterocycles. The van der Waals surface area contributed by atoms with Crippen LogP contribution >= 0.6 is 11.6 Å². The van der Waals surface area contributed by atoms with E-state index in [-0.39, 0.29) is 18.9 Å². The first-order valence-corrected chi connectivity index (χ1v) is 5.76. The molecule has 2 N–H and O–H groups in total. The summed E-state index contributed by atoms with van der Waals surface area (Å²) in [6.07, 6.45) is -0.826. The second-order valence-corrected chi connectivity index (χ2v) is 4.10. The SMILES string of the molecule is C[C@H](OCCC(=O)Nc1cccc(Cl)c1)C(=O)O. The van der Waals surface area contributed by atoms with Crippen LogP contribution in [0.1, 0.15) is 13.3 Å². The van der Waals surface area contributed by atoms with E-state index in [2.05, 4.69) is 5.32 Å². The van der Waals surface area contributed by atoms with Gasteiger partial charge in [-0.3, -0.25) is 4.79 Å². The lowest BCUT2D eigenvalue weighted by Crippen LogP contribution is -2.22. The Kier molecular flexibility index (Phi) is 5.61. The number of anilines is 1. The number of carbonyl (C=O) groups excluding carboxylic acids is 1. The van der Waals surface area contributed by atoms with E-state index in [0.29, 0.717) is 10.7 Å². The van der Waals surface area contributed by atoms with Gasteiger partial charge in [0.05, 0.1) is 13.0 Å². The lowest BCUT2D eigenvalue weighted by atomic mass is 10.3. The van der Waals surface area contributed by atoms with Crippen molar-refractivity contribution in [3.05, 3.63) is 29.3 Å². The molecule has 1 rings (SSSR count). The molecule has 98 valence electrons. The van der Waals surface area contributed by atoms with Crippen LogP contribution in [-0.4, -0.2) is 29.7 Å². The fraction of sp³-hybridized carbons (Fsp3) is 0.333. The molecule has 0 unspecified atom stereocenters. The normalized spacial score (nSPS) is 11.9. The average Bonchev–Trinajstić information content (AvgIpc) is 2.28. The van der Waals surface area contributed by atoms with Crippen molar-refractivity contribution in [3.63, 3.8) is 0 Å². The predicted octanol–water partition coefficient (Wildman–Crippen LogP) is 2.16. The Balaban J connectivity index is 2.32. The maximum absolute atomic E-state index is 11.5. The van der Waals surface area contributed by atoms with Gasteiger partial charge in [0.15, 0.2) is 6.10 Å². The Hall–Kier alpha value is -1.59. The van der Waals surface area contributed by atoms with Crippen LogP contribution in [-0.2, 0) is 14.3 Å². The number of hydrogen-bond donors (Lipinski definition) is 2. The first kappa shape index (κ1) is 14.5. The number of carboxylic acids is 1. The quantitative estimate of drug-likeness (QED) is 0.831. The fourth-order valence-electron chi connectivity index (χ4n) is 1.19. The molecule has 1 aromatic rings. The summed E-state index contributed by atoms with van der Waals surface area (Å²) >= 11 is 5.77. The molecule has 1 atom stereocenters. The van der Waals surface area contributed by atoms with Crippen molar-refractivity contribution >= 4 is 29.2 Å². The molecule has 18 heavy (non-hydrogen) atoms. The number of aliphatic carboxylic acids is 1. The number of hydrogen-bond acceptors (Lipinski definition) is 3. The molecule has 0 radical (unpaired) electrons. The van der Waals surface area contributed by atoms with E-state index in [1.807, 2.05) is 0 Å². The fourth-order valence-corrected chi connectivity index (χ4v) is 1.38. The number of carbonyl (C=O) groups is 2. The highest BCUT2D eigenvalue weighted by atomic mass is 35.5. The van der Waals surface area contributed by atoms with Gasteiger partial charge in [-0.2, -0.15) is 0 Å². The van der Waals surface area contributed by atoms with E-state index in [0.717, 1.165) is 0 Å². The van der Waals surface area contributed by atoms with Gasteiger partial charge in [0.2, 0.25) is 5.91 Å². The number of ether oxygens (including phenoxy) is 1. The van der Waals surface area contributed by atoms with Gasteiger partial charge < -0.3 is 15.2 Å². The summed E-state index contributed by atoms with van der Waals surface area (Å²) in [7, 11) is 0. The van der Waals surface area contributed by atoms with Crippen LogP contribution in [0.2, 0.25) is 5.02 Å². The minimum atomic E-state index is -1.05. The molecule has 0 bridgehead atoms. The highest BCUT2D eigenvalue weighted by Crippen LogP contribution is 2.14. The van der Waals surface area contributed by atoms with E-state index >= 15 is 0 Å². The zero-order valence-electron chi connectivity index (χ0n) is 9.85. The third kappa shape index (κ3) is 5.16. The van der Waals surface area contributed by atoms with Crippen molar-refractivity contribution < 1.29 is 19.4 Å². The average molecular weight is 272 g/mol. The molecule has 0 spiro atoms. The van der Waals surface area contributed by atoms with Gasteiger partial charge in [0.1, 0.15) is 0 Å². The molecule has 1 aromatic carbocycles. The number of halogens is 1. The molecule has 0 aliphatic heterocycles. The van der Waals surface area contributed by atoms with Crippen molar-refractivity contribution in [2.24, 2.45) is 0 Å². The minimum Gasteiger partial charge on any atom is -0.479 e. The summed E-state index contributed by atoms with van der Waals surface area (Å²) in [6, 6.07) is 6.76. The zero-order chi connectivity index (χ0) is 13.5. The van der Waals surface area contributed by atoms with E-state index in [1.54, 1.807) is 24.3 Å². The third-order valence-corrected chi connectivity index (χ3v) is 2.39. The van der Waals surface area contributed by atoms with Crippen LogP contribution < -0.4 is 5.32 Å². The standard InChI is InChI=1S/C12H14ClNO4/c1-8(12(16)17)18-6-5-11(15)14-10-4-2-3-9(13)7-10/h2-4,7-8H,5-6H2,1H3,(H,14,15)(H,16,17)/t8-/m0/s1. The molecule has 6 heteroatoms. The highest BCUT2D eigenvalue weighted by molar-refractivity contribution is 6.30. The maximum Gasteiger partial charge on any atom is 0.332 e. The maximum atomic E-state index is 11.5. The van der Waals surface area contributed by atoms with Crippen LogP contribution in [0.3, 0.4) is 0 Å². The molecule has 0 aliphatic carbocycles. The molecule has 0 fully saturated rings. The molecule has 5 nitrogen and oxygen atoms in total. The van der Waals surface area contributed by atoms with Crippen LogP contribution in [0, 0.1) is 0 Å². The van der Waals surface area contributed by atoms with Gasteiger partial charge in [-0.25, -0.2) is 4.79 Å². The number of rotatable bonds is 6. The predicted molar refractivity (Wildman–Crippen MR) is 67.7 cm³/mol. The second kappa shape index (κ2) is 6.98. The van der Waals surface area contributed by atoms with Crippen LogP contribution in [0.5, 0.6) is 0 Å². The number of nitrogens with one attached hydrogen (secondary N) is 1. The summed E-state index contributed by atoms with van der Waals surface area (Å²) in [5, 5.41) is 11.7. The summed E-state index contributed by atoms with van der Waals surface area (Å²) in [5.41, 5.74) is 0.596. The minimum absolute atomic E-state index is 0.0554. The van der Waals surface area contributed by atoms with Crippen LogP contribution in [0.15, 0.2) is 24.3 Å². The topological polar surface area (TPSA) is 75.6 Å². The third-order valence-electron chi connectivity index (χ3n) is 2.15. The Morgan fingerprint density at radius 3 is 2.83 bits per heavy atom. The monoisotopic (exact) mass is 271 g/mol. The highest BCUT2D eigenvalue weighted by Gasteiger charge is 2.11. The second-order valence-electron chi connectivity index (χ2n) is 3.66. The van der Waals surface area contributed by atoms with Crippen molar-refractivity contribution in [1.29, 1.82) is 0 Å². The Morgan fingerprint density at radius 1 is 1.50 bits per heavy atom. The number of benzene rings is 1. The van der Waals surface area contributed by atoms with Gasteiger partial charge in [-0.1, -0.05) is 17.7 Å². The van der Waals surface area contributed by atoms with E-state index in [9.17, 15) is 9.59 Å². The first-order chi connectivity index (χ1) is 8.49. The van der Waals surface area contributed by atoms with Crippen molar-refractivity contribution in [2.75, 3.05) is 11.9 Å². The lowest BCUT2D eigenvalue weighted by Gasteiger charge is -2.08. The van der Waals surface area contributed by atoms with Crippen molar-refractivity contribution in [3.8, 4) is 0 Å². The summed E-state index contributed by atoms with van der Waals surface area (Å²) in [5.74, 6) is -1.31. The van der Waals surface area contributed by atoms with Crippen molar-refractivity contribution in [1.82, 2.24) is 0 Å². The Bertz CT molecular complexity index is 436. The van der Waals surface area contributed by atoms with Gasteiger partial charge in [0, 0.05) is 10.7 Å².